The molecule has 0 aliphatic heterocycles. The van der Waals surface area contributed by atoms with E-state index in [9.17, 15) is 0 Å². The summed E-state index contributed by atoms with van der Waals surface area (Å²) in [5.74, 6) is 0.443. The molecule has 0 unspecified atom stereocenters. The molecule has 0 saturated heterocycles. The van der Waals surface area contributed by atoms with E-state index in [1.54, 1.807) is 11.2 Å². The number of halogens is 2. The predicted molar refractivity (Wildman–Crippen MR) is 53.9 cm³/mol. The third kappa shape index (κ3) is 3.57. The summed E-state index contributed by atoms with van der Waals surface area (Å²) < 4.78 is 0. The normalized spacial score (nSPS) is 10.8. The summed E-state index contributed by atoms with van der Waals surface area (Å²) >= 11 is 11.2. The molecule has 0 N–H and O–H groups in total. The maximum atomic E-state index is 5.64. The third-order valence-electron chi connectivity index (χ3n) is 1.08. The molecule has 4 nitrogen and oxygen atoms in total. The molecule has 13 heavy (non-hydrogen) atoms. The van der Waals surface area contributed by atoms with Gasteiger partial charge >= 0.3 is 0 Å². The Morgan fingerprint density at radius 1 is 1.38 bits per heavy atom. The van der Waals surface area contributed by atoms with Crippen molar-refractivity contribution in [3.63, 3.8) is 0 Å². The van der Waals surface area contributed by atoms with Crippen LogP contribution in [0.15, 0.2) is 11.1 Å². The molecule has 0 radical (unpaired) electrons. The van der Waals surface area contributed by atoms with Gasteiger partial charge in [-0.3, -0.25) is 0 Å². The number of hydrogen-bond acceptors (Lipinski definition) is 3. The van der Waals surface area contributed by atoms with Crippen molar-refractivity contribution in [3.8, 4) is 0 Å². The van der Waals surface area contributed by atoms with Crippen molar-refractivity contribution in [1.82, 2.24) is 14.9 Å². The number of nitrogens with zero attached hydrogens (tertiary/aromatic N) is 4. The molecule has 1 aromatic heterocycles. The lowest BCUT2D eigenvalue weighted by atomic mass is 10.6. The molecule has 0 aliphatic carbocycles. The highest BCUT2D eigenvalue weighted by Gasteiger charge is 1.98. The van der Waals surface area contributed by atoms with Gasteiger partial charge in [0.1, 0.15) is 5.15 Å². The molecule has 6 heteroatoms. The highest BCUT2D eigenvalue weighted by Crippen LogP contribution is 2.16. The molecule has 0 fully saturated rings. The largest absolute Gasteiger partial charge is 0.369 e. The minimum atomic E-state index is 0.0957. The van der Waals surface area contributed by atoms with Crippen molar-refractivity contribution in [3.05, 3.63) is 16.5 Å². The van der Waals surface area contributed by atoms with Crippen molar-refractivity contribution >= 4 is 35.4 Å². The number of rotatable bonds is 2. The lowest BCUT2D eigenvalue weighted by Gasteiger charge is -2.01. The van der Waals surface area contributed by atoms with Crippen molar-refractivity contribution in [2.75, 3.05) is 14.1 Å². The van der Waals surface area contributed by atoms with Crippen molar-refractivity contribution < 1.29 is 0 Å². The highest BCUT2D eigenvalue weighted by atomic mass is 35.5. The lowest BCUT2D eigenvalue weighted by molar-refractivity contribution is 0.643. The average Bonchev–Trinajstić information content (AvgIpc) is 1.99. The van der Waals surface area contributed by atoms with Gasteiger partial charge in [0, 0.05) is 20.2 Å². The summed E-state index contributed by atoms with van der Waals surface area (Å²) in [4.78, 5) is 13.3. The van der Waals surface area contributed by atoms with E-state index >= 15 is 0 Å². The van der Waals surface area contributed by atoms with Crippen LogP contribution in [0.25, 0.3) is 0 Å². The molecule has 1 aromatic rings. The molecule has 0 amide bonds. The van der Waals surface area contributed by atoms with Crippen LogP contribution in [0.5, 0.6) is 0 Å². The summed E-state index contributed by atoms with van der Waals surface area (Å²) in [6.07, 6.45) is 1.61. The second kappa shape index (κ2) is 4.39. The van der Waals surface area contributed by atoms with Gasteiger partial charge in [-0.1, -0.05) is 11.6 Å². The average molecular weight is 219 g/mol. The summed E-state index contributed by atoms with van der Waals surface area (Å²) in [7, 11) is 3.71. The molecule has 0 spiro atoms. The van der Waals surface area contributed by atoms with Gasteiger partial charge in [0.15, 0.2) is 5.82 Å². The van der Waals surface area contributed by atoms with Crippen LogP contribution < -0.4 is 0 Å². The van der Waals surface area contributed by atoms with Crippen LogP contribution in [0.2, 0.25) is 10.4 Å². The van der Waals surface area contributed by atoms with E-state index in [0.717, 1.165) is 0 Å². The van der Waals surface area contributed by atoms with Crippen LogP contribution in [0.3, 0.4) is 0 Å². The first-order chi connectivity index (χ1) is 6.08. The van der Waals surface area contributed by atoms with E-state index < -0.39 is 0 Å². The molecule has 0 atom stereocenters. The van der Waals surface area contributed by atoms with Crippen LogP contribution >= 0.6 is 23.2 Å². The quantitative estimate of drug-likeness (QED) is 0.330. The zero-order valence-corrected chi connectivity index (χ0v) is 8.71. The van der Waals surface area contributed by atoms with Gasteiger partial charge in [0.05, 0.1) is 6.34 Å². The fourth-order valence-corrected chi connectivity index (χ4v) is 1.02. The van der Waals surface area contributed by atoms with Crippen LogP contribution in [0.1, 0.15) is 0 Å². The summed E-state index contributed by atoms with van der Waals surface area (Å²) in [5, 5.41) is 0.379. The molecule has 70 valence electrons. The van der Waals surface area contributed by atoms with Gasteiger partial charge in [-0.2, -0.15) is 4.98 Å². The maximum absolute atomic E-state index is 5.64. The minimum Gasteiger partial charge on any atom is -0.369 e. The second-order valence-corrected chi connectivity index (χ2v) is 3.25. The molecule has 1 heterocycles. The molecule has 0 bridgehead atoms. The Morgan fingerprint density at radius 3 is 2.62 bits per heavy atom. The zero-order chi connectivity index (χ0) is 9.84. The third-order valence-corrected chi connectivity index (χ3v) is 1.44. The topological polar surface area (TPSA) is 41.4 Å². The van der Waals surface area contributed by atoms with Crippen LogP contribution in [-0.4, -0.2) is 35.3 Å². The van der Waals surface area contributed by atoms with Crippen LogP contribution in [0.4, 0.5) is 5.82 Å². The smallest absolute Gasteiger partial charge is 0.225 e. The first-order valence-corrected chi connectivity index (χ1v) is 4.24. The van der Waals surface area contributed by atoms with E-state index in [1.165, 1.54) is 6.07 Å². The Hall–Kier alpha value is -0.870. The number of hydrogen-bond donors (Lipinski definition) is 0. The van der Waals surface area contributed by atoms with Gasteiger partial charge in [-0.25, -0.2) is 9.98 Å². The van der Waals surface area contributed by atoms with Gasteiger partial charge in [0.2, 0.25) is 5.28 Å². The van der Waals surface area contributed by atoms with E-state index in [0.29, 0.717) is 5.82 Å². The van der Waals surface area contributed by atoms with Crippen LogP contribution in [0, 0.1) is 0 Å². The highest BCUT2D eigenvalue weighted by molar-refractivity contribution is 6.32. The Morgan fingerprint density at radius 2 is 2.08 bits per heavy atom. The van der Waals surface area contributed by atoms with Gasteiger partial charge in [0.25, 0.3) is 0 Å². The van der Waals surface area contributed by atoms with Gasteiger partial charge in [-0.15, -0.1) is 0 Å². The molecule has 1 rings (SSSR count). The fraction of sp³-hybridized carbons (Fsp3) is 0.286. The van der Waals surface area contributed by atoms with Gasteiger partial charge in [-0.05, 0) is 11.6 Å². The SMILES string of the molecule is CN(C)C=Nc1cc(Cl)nc(Cl)n1. The van der Waals surface area contributed by atoms with Crippen molar-refractivity contribution in [1.29, 1.82) is 0 Å². The monoisotopic (exact) mass is 218 g/mol. The minimum absolute atomic E-state index is 0.0957. The second-order valence-electron chi connectivity index (χ2n) is 2.53. The van der Waals surface area contributed by atoms with Crippen molar-refractivity contribution in [2.24, 2.45) is 4.99 Å². The number of aliphatic imine (C=N–C) groups is 1. The summed E-state index contributed by atoms with van der Waals surface area (Å²) in [6, 6.07) is 1.54. The summed E-state index contributed by atoms with van der Waals surface area (Å²) in [5.41, 5.74) is 0. The standard InChI is InChI=1S/C7H8Cl2N4/c1-13(2)4-10-6-3-5(8)11-7(9)12-6/h3-4H,1-2H3. The van der Waals surface area contributed by atoms with E-state index in [2.05, 4.69) is 15.0 Å². The number of aromatic nitrogens is 2. The zero-order valence-electron chi connectivity index (χ0n) is 7.20. The Bertz CT molecular complexity index is 304. The molecular formula is C7H8Cl2N4. The first-order valence-electron chi connectivity index (χ1n) is 3.48. The van der Waals surface area contributed by atoms with Gasteiger partial charge < -0.3 is 4.90 Å². The van der Waals surface area contributed by atoms with E-state index in [4.69, 9.17) is 23.2 Å². The molecule has 0 saturated carbocycles. The molecule has 0 aromatic carbocycles. The Labute approximate surface area is 86.2 Å². The van der Waals surface area contributed by atoms with E-state index in [-0.39, 0.29) is 10.4 Å². The maximum Gasteiger partial charge on any atom is 0.225 e. The van der Waals surface area contributed by atoms with Crippen molar-refractivity contribution in [2.45, 2.75) is 0 Å². The molecule has 0 aliphatic rings. The summed E-state index contributed by atoms with van der Waals surface area (Å²) in [6.45, 7) is 0. The van der Waals surface area contributed by atoms with E-state index in [1.807, 2.05) is 14.1 Å². The van der Waals surface area contributed by atoms with Crippen LogP contribution in [-0.2, 0) is 0 Å². The first kappa shape index (κ1) is 10.2. The lowest BCUT2D eigenvalue weighted by Crippen LogP contribution is -2.07. The molecular weight excluding hydrogens is 211 g/mol. The fourth-order valence-electron chi connectivity index (χ4n) is 0.619. The Kier molecular flexibility index (Phi) is 3.45. The Balaban J connectivity index is 2.89. The predicted octanol–water partition coefficient (Wildman–Crippen LogP) is 2.00.